The van der Waals surface area contributed by atoms with E-state index in [0.717, 1.165) is 16.1 Å². The van der Waals surface area contributed by atoms with Crippen LogP contribution in [0.1, 0.15) is 29.2 Å². The van der Waals surface area contributed by atoms with Gasteiger partial charge in [-0.3, -0.25) is 8.49 Å². The predicted octanol–water partition coefficient (Wildman–Crippen LogP) is 6.06. The van der Waals surface area contributed by atoms with Gasteiger partial charge in [0.05, 0.1) is 31.8 Å². The summed E-state index contributed by atoms with van der Waals surface area (Å²) < 4.78 is 113. The maximum atomic E-state index is 13.8. The summed E-state index contributed by atoms with van der Waals surface area (Å²) in [6.45, 7) is 5.78. The molecule has 1 heterocycles. The fourth-order valence-electron chi connectivity index (χ4n) is 4.69. The van der Waals surface area contributed by atoms with E-state index in [9.17, 15) is 30.0 Å². The van der Waals surface area contributed by atoms with Crippen LogP contribution in [0.2, 0.25) is 0 Å². The summed E-state index contributed by atoms with van der Waals surface area (Å²) in [7, 11) is -6.10. The lowest BCUT2D eigenvalue weighted by atomic mass is 10.2. The Morgan fingerprint density at radius 3 is 2.31 bits per heavy atom. The Morgan fingerprint density at radius 2 is 1.63 bits per heavy atom. The lowest BCUT2D eigenvalue weighted by molar-refractivity contribution is -0.137. The number of hydrogen-bond acceptors (Lipinski definition) is 12. The molecule has 0 atom stereocenters. The van der Waals surface area contributed by atoms with Crippen LogP contribution < -0.4 is 24.4 Å². The van der Waals surface area contributed by atoms with Gasteiger partial charge in [-0.2, -0.15) is 26.6 Å². The highest BCUT2D eigenvalue weighted by atomic mass is 32.2. The summed E-state index contributed by atoms with van der Waals surface area (Å²) >= 11 is 0. The van der Waals surface area contributed by atoms with Crippen LogP contribution in [0.3, 0.4) is 0 Å². The number of aryl methyl sites for hydroxylation is 2. The van der Waals surface area contributed by atoms with Gasteiger partial charge in [-0.05, 0) is 79.9 Å². The number of anilines is 4. The van der Waals surface area contributed by atoms with E-state index in [1.165, 1.54) is 13.1 Å². The molecule has 0 aliphatic carbocycles. The van der Waals surface area contributed by atoms with Crippen molar-refractivity contribution in [1.29, 1.82) is 0 Å². The second kappa shape index (κ2) is 17.2. The van der Waals surface area contributed by atoms with Crippen LogP contribution in [0.4, 0.5) is 36.3 Å². The van der Waals surface area contributed by atoms with Crippen LogP contribution in [0.5, 0.6) is 11.5 Å². The molecule has 2 N–H and O–H groups in total. The van der Waals surface area contributed by atoms with Crippen molar-refractivity contribution in [2.24, 2.45) is 0 Å². The smallest absolute Gasteiger partial charge is 0.421 e. The molecule has 282 valence electrons. The minimum Gasteiger partial charge on any atom is -0.491 e. The predicted molar refractivity (Wildman–Crippen MR) is 190 cm³/mol. The van der Waals surface area contributed by atoms with Crippen molar-refractivity contribution in [3.63, 3.8) is 0 Å². The van der Waals surface area contributed by atoms with Crippen molar-refractivity contribution in [2.75, 3.05) is 61.3 Å². The molecule has 0 aliphatic heterocycles. The van der Waals surface area contributed by atoms with Crippen molar-refractivity contribution in [3.8, 4) is 11.5 Å². The monoisotopic (exact) mass is 767 g/mol. The number of benzene rings is 3. The SMILES string of the molecule is CCOS(=O)(=O)c1ccc(C)cc1OCCOCCOc1ccc(Nc2ncc(C(F)(F)F)c(NCc3cccc(N(C)S(C)(=O)=O)c3)n2)c(C)c1. The third kappa shape index (κ3) is 11.2. The molecular weight excluding hydrogens is 728 g/mol. The Morgan fingerprint density at radius 1 is 0.904 bits per heavy atom. The van der Waals surface area contributed by atoms with E-state index in [2.05, 4.69) is 20.6 Å². The van der Waals surface area contributed by atoms with Crippen LogP contribution in [-0.4, -0.2) is 73.1 Å². The van der Waals surface area contributed by atoms with Gasteiger partial charge >= 0.3 is 16.3 Å². The molecule has 4 aromatic rings. The number of ether oxygens (including phenoxy) is 3. The largest absolute Gasteiger partial charge is 0.491 e. The second-order valence-corrected chi connectivity index (χ2v) is 15.0. The number of rotatable bonds is 18. The maximum absolute atomic E-state index is 13.8. The molecule has 52 heavy (non-hydrogen) atoms. The van der Waals surface area contributed by atoms with Gasteiger partial charge in [0.1, 0.15) is 41.0 Å². The molecular formula is C34H40F3N5O8S2. The lowest BCUT2D eigenvalue weighted by Crippen LogP contribution is -2.24. The van der Waals surface area contributed by atoms with Crippen molar-refractivity contribution < 1.29 is 48.4 Å². The summed E-state index contributed by atoms with van der Waals surface area (Å²) in [4.78, 5) is 7.90. The number of hydrogen-bond donors (Lipinski definition) is 2. The number of nitrogens with one attached hydrogen (secondary N) is 2. The molecule has 18 heteroatoms. The van der Waals surface area contributed by atoms with Gasteiger partial charge in [0.15, 0.2) is 0 Å². The molecule has 4 rings (SSSR count). The quantitative estimate of drug-likeness (QED) is 0.0892. The first kappa shape index (κ1) is 40.1. The van der Waals surface area contributed by atoms with Crippen molar-refractivity contribution in [2.45, 2.75) is 38.4 Å². The van der Waals surface area contributed by atoms with Crippen LogP contribution in [0.15, 0.2) is 71.8 Å². The molecule has 0 saturated carbocycles. The third-order valence-corrected chi connectivity index (χ3v) is 10.0. The fourth-order valence-corrected chi connectivity index (χ4v) is 6.23. The van der Waals surface area contributed by atoms with E-state index in [-0.39, 0.29) is 56.2 Å². The zero-order valence-electron chi connectivity index (χ0n) is 29.2. The number of aromatic nitrogens is 2. The van der Waals surface area contributed by atoms with E-state index >= 15 is 0 Å². The van der Waals surface area contributed by atoms with E-state index in [1.807, 2.05) is 6.92 Å². The molecule has 0 bridgehead atoms. The Labute approximate surface area is 301 Å². The Hall–Kier alpha value is -4.65. The number of nitrogens with zero attached hydrogens (tertiary/aromatic N) is 3. The van der Waals surface area contributed by atoms with Crippen LogP contribution >= 0.6 is 0 Å². The highest BCUT2D eigenvalue weighted by Gasteiger charge is 2.35. The normalized spacial score (nSPS) is 12.0. The van der Waals surface area contributed by atoms with E-state index in [1.54, 1.807) is 68.4 Å². The maximum Gasteiger partial charge on any atom is 0.421 e. The van der Waals surface area contributed by atoms with Gasteiger partial charge in [0, 0.05) is 25.5 Å². The average Bonchev–Trinajstić information content (AvgIpc) is 3.07. The number of halogens is 3. The van der Waals surface area contributed by atoms with Crippen molar-refractivity contribution in [1.82, 2.24) is 9.97 Å². The zero-order valence-corrected chi connectivity index (χ0v) is 30.8. The van der Waals surface area contributed by atoms with Crippen LogP contribution in [0.25, 0.3) is 0 Å². The highest BCUT2D eigenvalue weighted by Crippen LogP contribution is 2.35. The summed E-state index contributed by atoms with van der Waals surface area (Å²) in [5.41, 5.74) is 1.88. The minimum atomic E-state index is -4.73. The Bertz CT molecular complexity index is 2070. The Balaban J connectivity index is 1.31. The standard InChI is InChI=1S/C34H40F3N5O8S2/c1-6-50-52(45,46)31-13-10-23(2)18-30(31)49-17-15-47-14-16-48-27-11-12-29(24(3)19-27)40-33-39-22-28(34(35,36)37)32(41-33)38-21-25-8-7-9-26(20-25)42(4)51(5,43)44/h7-13,18-20,22H,6,14-17,21H2,1-5H3,(H2,38,39,40,41). The highest BCUT2D eigenvalue weighted by molar-refractivity contribution is 7.92. The fraction of sp³-hybridized carbons (Fsp3) is 0.353. The summed E-state index contributed by atoms with van der Waals surface area (Å²) in [6.07, 6.45) is -3.00. The molecule has 0 aliphatic rings. The van der Waals surface area contributed by atoms with Gasteiger partial charge in [-0.25, -0.2) is 13.4 Å². The topological polar surface area (TPSA) is 158 Å². The summed E-state index contributed by atoms with van der Waals surface area (Å²) in [5, 5.41) is 5.65. The van der Waals surface area contributed by atoms with E-state index in [0.29, 0.717) is 34.4 Å². The van der Waals surface area contributed by atoms with Crippen LogP contribution in [-0.2, 0) is 41.8 Å². The molecule has 13 nitrogen and oxygen atoms in total. The number of sulfonamides is 1. The van der Waals surface area contributed by atoms with Gasteiger partial charge < -0.3 is 24.8 Å². The van der Waals surface area contributed by atoms with E-state index < -0.39 is 37.7 Å². The first-order chi connectivity index (χ1) is 24.5. The molecule has 0 saturated heterocycles. The van der Waals surface area contributed by atoms with Crippen molar-refractivity contribution in [3.05, 3.63) is 89.1 Å². The van der Waals surface area contributed by atoms with Gasteiger partial charge in [-0.15, -0.1) is 0 Å². The van der Waals surface area contributed by atoms with E-state index in [4.69, 9.17) is 18.4 Å². The first-order valence-corrected chi connectivity index (χ1v) is 19.2. The zero-order chi connectivity index (χ0) is 38.1. The summed E-state index contributed by atoms with van der Waals surface area (Å²) in [6, 6.07) is 16.2. The van der Waals surface area contributed by atoms with Gasteiger partial charge in [0.25, 0.3) is 0 Å². The van der Waals surface area contributed by atoms with Gasteiger partial charge in [0.2, 0.25) is 16.0 Å². The molecule has 1 aromatic heterocycles. The molecule has 0 unspecified atom stereocenters. The molecule has 0 fully saturated rings. The van der Waals surface area contributed by atoms with Gasteiger partial charge in [-0.1, -0.05) is 18.2 Å². The Kier molecular flexibility index (Phi) is 13.3. The second-order valence-electron chi connectivity index (χ2n) is 11.4. The lowest BCUT2D eigenvalue weighted by Gasteiger charge is -2.18. The average molecular weight is 768 g/mol. The third-order valence-electron chi connectivity index (χ3n) is 7.39. The molecule has 0 spiro atoms. The minimum absolute atomic E-state index is 0.00165. The number of alkyl halides is 3. The van der Waals surface area contributed by atoms with Crippen molar-refractivity contribution >= 4 is 43.3 Å². The first-order valence-electron chi connectivity index (χ1n) is 15.9. The molecule has 0 amide bonds. The molecule has 3 aromatic carbocycles. The van der Waals surface area contributed by atoms with Crippen LogP contribution in [0, 0.1) is 13.8 Å². The molecule has 0 radical (unpaired) electrons. The summed E-state index contributed by atoms with van der Waals surface area (Å²) in [5.74, 6) is 0.161.